The van der Waals surface area contributed by atoms with Crippen LogP contribution in [0.1, 0.15) is 5.56 Å². The highest BCUT2D eigenvalue weighted by molar-refractivity contribution is 9.10. The molecule has 0 saturated carbocycles. The minimum Gasteiger partial charge on any atom is -0.497 e. The molecule has 1 N–H and O–H groups in total. The van der Waals surface area contributed by atoms with Crippen LogP contribution < -0.4 is 24.4 Å². The number of ether oxygens (including phenoxy) is 3. The van der Waals surface area contributed by atoms with Gasteiger partial charge >= 0.3 is 0 Å². The topological polar surface area (TPSA) is 101 Å². The van der Waals surface area contributed by atoms with Gasteiger partial charge in [0.05, 0.1) is 24.4 Å². The van der Waals surface area contributed by atoms with Crippen LogP contribution in [0.15, 0.2) is 46.4 Å². The van der Waals surface area contributed by atoms with E-state index < -0.39 is 11.8 Å². The van der Waals surface area contributed by atoms with Crippen molar-refractivity contribution in [3.8, 4) is 23.3 Å². The number of carbonyl (C=O) groups is 2. The van der Waals surface area contributed by atoms with Gasteiger partial charge in [0.2, 0.25) is 0 Å². The van der Waals surface area contributed by atoms with Crippen LogP contribution in [0, 0.1) is 11.3 Å². The highest BCUT2D eigenvalue weighted by atomic mass is 79.9. The van der Waals surface area contributed by atoms with Crippen LogP contribution in [0.4, 0.5) is 5.69 Å². The van der Waals surface area contributed by atoms with Gasteiger partial charge in [0.25, 0.3) is 11.8 Å². The first kappa shape index (κ1) is 22.3. The summed E-state index contributed by atoms with van der Waals surface area (Å²) in [6, 6.07) is 11.8. The number of amides is 2. The number of nitrogens with zero attached hydrogens (tertiary/aromatic N) is 2. The highest BCUT2D eigenvalue weighted by Crippen LogP contribution is 2.37. The van der Waals surface area contributed by atoms with Crippen LogP contribution in [-0.2, 0) is 9.59 Å². The Morgan fingerprint density at radius 3 is 2.52 bits per heavy atom. The molecule has 0 aliphatic carbocycles. The van der Waals surface area contributed by atoms with E-state index in [1.54, 1.807) is 36.4 Å². The van der Waals surface area contributed by atoms with Crippen LogP contribution in [0.3, 0.4) is 0 Å². The number of nitriles is 1. The lowest BCUT2D eigenvalue weighted by Gasteiger charge is -2.29. The summed E-state index contributed by atoms with van der Waals surface area (Å²) in [5.74, 6) is 0.113. The summed E-state index contributed by atoms with van der Waals surface area (Å²) in [4.78, 5) is 26.9. The standard InChI is InChI=1S/C21H16BrN3O5S/c1-28-14-5-3-13(4-6-14)25-20(27)15(19(26)24-21(25)31)9-12-10-16(22)18(30-8-7-23)17(11-12)29-2/h3-6,9-11H,8H2,1-2H3,(H,24,26,31)/b15-9+. The van der Waals surface area contributed by atoms with Gasteiger partial charge in [-0.1, -0.05) is 0 Å². The zero-order chi connectivity index (χ0) is 22.5. The molecule has 1 saturated heterocycles. The second-order valence-corrected chi connectivity index (χ2v) is 7.38. The molecule has 0 bridgehead atoms. The van der Waals surface area contributed by atoms with Gasteiger partial charge in [-0.15, -0.1) is 0 Å². The fourth-order valence-electron chi connectivity index (χ4n) is 2.86. The van der Waals surface area contributed by atoms with Gasteiger partial charge in [-0.3, -0.25) is 19.8 Å². The fourth-order valence-corrected chi connectivity index (χ4v) is 3.71. The monoisotopic (exact) mass is 501 g/mol. The van der Waals surface area contributed by atoms with Crippen LogP contribution >= 0.6 is 28.1 Å². The molecule has 2 aromatic carbocycles. The van der Waals surface area contributed by atoms with Crippen molar-refractivity contribution in [3.05, 3.63) is 52.0 Å². The van der Waals surface area contributed by atoms with E-state index >= 15 is 0 Å². The van der Waals surface area contributed by atoms with Gasteiger partial charge in [-0.25, -0.2) is 0 Å². The van der Waals surface area contributed by atoms with Crippen molar-refractivity contribution in [2.45, 2.75) is 0 Å². The summed E-state index contributed by atoms with van der Waals surface area (Å²) in [7, 11) is 2.98. The number of carbonyl (C=O) groups excluding carboxylic acids is 2. The number of methoxy groups -OCH3 is 2. The molecular weight excluding hydrogens is 486 g/mol. The molecule has 1 fully saturated rings. The number of benzene rings is 2. The van der Waals surface area contributed by atoms with Gasteiger partial charge in [-0.05, 0) is 76.2 Å². The number of hydrogen-bond acceptors (Lipinski definition) is 7. The molecule has 158 valence electrons. The van der Waals surface area contributed by atoms with Crippen molar-refractivity contribution in [1.82, 2.24) is 5.32 Å². The summed E-state index contributed by atoms with van der Waals surface area (Å²) in [5, 5.41) is 11.3. The number of halogens is 1. The van der Waals surface area contributed by atoms with Gasteiger partial charge < -0.3 is 14.2 Å². The predicted molar refractivity (Wildman–Crippen MR) is 121 cm³/mol. The molecule has 2 amide bonds. The van der Waals surface area contributed by atoms with Crippen molar-refractivity contribution in [3.63, 3.8) is 0 Å². The molecular formula is C21H16BrN3O5S. The van der Waals surface area contributed by atoms with Crippen LogP contribution in [-0.4, -0.2) is 37.8 Å². The average molecular weight is 502 g/mol. The first-order valence-electron chi connectivity index (χ1n) is 8.82. The Bertz CT molecular complexity index is 1130. The van der Waals surface area contributed by atoms with Gasteiger partial charge in [0.1, 0.15) is 17.4 Å². The second kappa shape index (κ2) is 9.59. The molecule has 8 nitrogen and oxygen atoms in total. The Hall–Kier alpha value is -3.42. The molecule has 0 atom stereocenters. The molecule has 31 heavy (non-hydrogen) atoms. The summed E-state index contributed by atoms with van der Waals surface area (Å²) in [6.45, 7) is -0.162. The van der Waals surface area contributed by atoms with Crippen molar-refractivity contribution >= 4 is 56.8 Å². The van der Waals surface area contributed by atoms with Gasteiger partial charge in [-0.2, -0.15) is 5.26 Å². The molecule has 0 radical (unpaired) electrons. The van der Waals surface area contributed by atoms with Crippen molar-refractivity contribution < 1.29 is 23.8 Å². The minimum absolute atomic E-state index is 0.0173. The number of hydrogen-bond donors (Lipinski definition) is 1. The third-order valence-corrected chi connectivity index (χ3v) is 5.15. The summed E-state index contributed by atoms with van der Waals surface area (Å²) < 4.78 is 16.3. The first-order chi connectivity index (χ1) is 14.9. The number of rotatable bonds is 6. The van der Waals surface area contributed by atoms with Crippen molar-refractivity contribution in [1.29, 1.82) is 5.26 Å². The maximum atomic E-state index is 13.1. The predicted octanol–water partition coefficient (Wildman–Crippen LogP) is 3.20. The lowest BCUT2D eigenvalue weighted by atomic mass is 10.1. The Labute approximate surface area is 192 Å². The van der Waals surface area contributed by atoms with Crippen LogP contribution in [0.5, 0.6) is 17.2 Å². The third kappa shape index (κ3) is 4.68. The minimum atomic E-state index is -0.611. The van der Waals surface area contributed by atoms with E-state index in [0.29, 0.717) is 33.0 Å². The molecule has 1 aliphatic rings. The number of nitrogens with one attached hydrogen (secondary N) is 1. The van der Waals surface area contributed by atoms with Crippen molar-refractivity contribution in [2.24, 2.45) is 0 Å². The van der Waals surface area contributed by atoms with E-state index in [1.807, 2.05) is 6.07 Å². The van der Waals surface area contributed by atoms with E-state index in [4.69, 9.17) is 31.7 Å². The molecule has 10 heteroatoms. The second-order valence-electron chi connectivity index (χ2n) is 6.14. The van der Waals surface area contributed by atoms with E-state index in [9.17, 15) is 9.59 Å². The lowest BCUT2D eigenvalue weighted by molar-refractivity contribution is -0.122. The smallest absolute Gasteiger partial charge is 0.270 e. The molecule has 3 rings (SSSR count). The van der Waals surface area contributed by atoms with Crippen LogP contribution in [0.2, 0.25) is 0 Å². The zero-order valence-corrected chi connectivity index (χ0v) is 18.9. The van der Waals surface area contributed by atoms with Crippen molar-refractivity contribution in [2.75, 3.05) is 25.7 Å². The third-order valence-electron chi connectivity index (χ3n) is 4.28. The van der Waals surface area contributed by atoms with E-state index in [0.717, 1.165) is 0 Å². The summed E-state index contributed by atoms with van der Waals surface area (Å²) >= 11 is 8.57. The maximum Gasteiger partial charge on any atom is 0.270 e. The lowest BCUT2D eigenvalue weighted by Crippen LogP contribution is -2.54. The molecule has 2 aromatic rings. The zero-order valence-electron chi connectivity index (χ0n) is 16.5. The Kier molecular flexibility index (Phi) is 6.89. The van der Waals surface area contributed by atoms with E-state index in [-0.39, 0.29) is 17.3 Å². The average Bonchev–Trinajstić information content (AvgIpc) is 2.76. The SMILES string of the molecule is COc1ccc(N2C(=O)/C(=C/c3cc(Br)c(OCC#N)c(OC)c3)C(=O)NC2=S)cc1. The largest absolute Gasteiger partial charge is 0.497 e. The molecule has 0 aromatic heterocycles. The molecule has 0 unspecified atom stereocenters. The van der Waals surface area contributed by atoms with Gasteiger partial charge in [0, 0.05) is 0 Å². The Morgan fingerprint density at radius 2 is 1.90 bits per heavy atom. The van der Waals surface area contributed by atoms with E-state index in [1.165, 1.54) is 25.2 Å². The Morgan fingerprint density at radius 1 is 1.19 bits per heavy atom. The first-order valence-corrected chi connectivity index (χ1v) is 10.0. The molecule has 1 aliphatic heterocycles. The summed E-state index contributed by atoms with van der Waals surface area (Å²) in [5.41, 5.74) is 0.888. The molecule has 1 heterocycles. The fraction of sp³-hybridized carbons (Fsp3) is 0.143. The molecule has 0 spiro atoms. The number of thiocarbonyl (C=S) groups is 1. The highest BCUT2D eigenvalue weighted by Gasteiger charge is 2.34. The quantitative estimate of drug-likeness (QED) is 0.368. The Balaban J connectivity index is 1.99. The van der Waals surface area contributed by atoms with Gasteiger partial charge in [0.15, 0.2) is 23.2 Å². The van der Waals surface area contributed by atoms with E-state index in [2.05, 4.69) is 21.2 Å². The maximum absolute atomic E-state index is 13.1. The summed E-state index contributed by atoms with van der Waals surface area (Å²) in [6.07, 6.45) is 1.43. The normalized spacial score (nSPS) is 14.8. The van der Waals surface area contributed by atoms with Crippen LogP contribution in [0.25, 0.3) is 6.08 Å². The number of anilines is 1.